The van der Waals surface area contributed by atoms with E-state index < -0.39 is 28.7 Å². The van der Waals surface area contributed by atoms with E-state index in [9.17, 15) is 14.4 Å². The summed E-state index contributed by atoms with van der Waals surface area (Å²) in [6, 6.07) is 17.8. The van der Waals surface area contributed by atoms with Gasteiger partial charge < -0.3 is 9.47 Å². The van der Waals surface area contributed by atoms with E-state index in [2.05, 4.69) is 0 Å². The van der Waals surface area contributed by atoms with Crippen LogP contribution in [-0.4, -0.2) is 24.3 Å². The molecule has 0 amide bonds. The SMILES string of the molecule is CCOC(=O)[C@@]12C(=O)Oc3ccc4ccccc4c3[C@H]1[C@@]2(CC)C(=O)c1ccc(Cl)cc1. The standard InChI is InChI=1S/C26H21ClO5/c1-3-25(22(28)16-9-12-17(27)13-10-16)21-20-18-8-6-5-7-15(18)11-14-19(20)32-24(30)26(21,25)23(29)31-4-2/h5-14,21H,3-4H2,1-2H3/t21-,25-,26+/m0/s1. The number of hydrogen-bond acceptors (Lipinski definition) is 5. The number of fused-ring (bicyclic) bond motifs is 5. The van der Waals surface area contributed by atoms with Crippen molar-refractivity contribution < 1.29 is 23.9 Å². The Morgan fingerprint density at radius 3 is 2.44 bits per heavy atom. The molecule has 5 nitrogen and oxygen atoms in total. The molecule has 162 valence electrons. The summed E-state index contributed by atoms with van der Waals surface area (Å²) in [6.45, 7) is 3.60. The summed E-state index contributed by atoms with van der Waals surface area (Å²) in [5.41, 5.74) is -1.92. The van der Waals surface area contributed by atoms with E-state index in [1.54, 1.807) is 37.3 Å². The molecule has 1 aliphatic carbocycles. The van der Waals surface area contributed by atoms with E-state index in [1.165, 1.54) is 0 Å². The second kappa shape index (κ2) is 7.17. The molecule has 0 bridgehead atoms. The number of carbonyl (C=O) groups excluding carboxylic acids is 3. The smallest absolute Gasteiger partial charge is 0.330 e. The Hall–Kier alpha value is -3.18. The minimum Gasteiger partial charge on any atom is -0.465 e. The van der Waals surface area contributed by atoms with E-state index in [4.69, 9.17) is 21.1 Å². The number of halogens is 1. The first kappa shape index (κ1) is 20.7. The number of Topliss-reactive ketones (excluding diaryl/α,β-unsaturated/α-hetero) is 1. The van der Waals surface area contributed by atoms with Gasteiger partial charge in [-0.1, -0.05) is 48.9 Å². The molecule has 32 heavy (non-hydrogen) atoms. The molecule has 3 aromatic carbocycles. The normalized spacial score (nSPS) is 25.5. The van der Waals surface area contributed by atoms with Gasteiger partial charge in [0.25, 0.3) is 0 Å². The lowest BCUT2D eigenvalue weighted by Crippen LogP contribution is -2.40. The number of ketones is 1. The van der Waals surface area contributed by atoms with Gasteiger partial charge in [0, 0.05) is 22.1 Å². The van der Waals surface area contributed by atoms with Crippen molar-refractivity contribution >= 4 is 40.1 Å². The molecule has 2 aliphatic rings. The Balaban J connectivity index is 1.79. The quantitative estimate of drug-likeness (QED) is 0.228. The van der Waals surface area contributed by atoms with Gasteiger partial charge in [-0.2, -0.15) is 0 Å². The van der Waals surface area contributed by atoms with Crippen LogP contribution >= 0.6 is 11.6 Å². The van der Waals surface area contributed by atoms with Gasteiger partial charge in [-0.3, -0.25) is 14.4 Å². The number of rotatable bonds is 5. The van der Waals surface area contributed by atoms with Crippen molar-refractivity contribution in [3.8, 4) is 5.75 Å². The van der Waals surface area contributed by atoms with E-state index in [0.717, 1.165) is 10.8 Å². The van der Waals surface area contributed by atoms with Crippen LogP contribution in [0.1, 0.15) is 42.1 Å². The maximum Gasteiger partial charge on any atom is 0.330 e. The summed E-state index contributed by atoms with van der Waals surface area (Å²) >= 11 is 6.02. The molecule has 5 rings (SSSR count). The van der Waals surface area contributed by atoms with Crippen LogP contribution in [-0.2, 0) is 14.3 Å². The van der Waals surface area contributed by atoms with Gasteiger partial charge >= 0.3 is 11.9 Å². The zero-order chi connectivity index (χ0) is 22.7. The summed E-state index contributed by atoms with van der Waals surface area (Å²) in [5, 5.41) is 2.30. The lowest BCUT2D eigenvalue weighted by molar-refractivity contribution is -0.162. The molecule has 0 spiro atoms. The molecule has 0 saturated heterocycles. The predicted molar refractivity (Wildman–Crippen MR) is 120 cm³/mol. The highest BCUT2D eigenvalue weighted by Gasteiger charge is 2.90. The average Bonchev–Trinajstić information content (AvgIpc) is 3.45. The van der Waals surface area contributed by atoms with Gasteiger partial charge in [0.1, 0.15) is 5.75 Å². The summed E-state index contributed by atoms with van der Waals surface area (Å²) in [5.74, 6) is -2.01. The van der Waals surface area contributed by atoms with Crippen LogP contribution in [0.25, 0.3) is 10.8 Å². The van der Waals surface area contributed by atoms with Gasteiger partial charge in [0.2, 0.25) is 0 Å². The fourth-order valence-corrected chi connectivity index (χ4v) is 5.71. The van der Waals surface area contributed by atoms with Crippen molar-refractivity contribution in [2.75, 3.05) is 6.61 Å². The number of benzene rings is 3. The Bertz CT molecular complexity index is 1280. The van der Waals surface area contributed by atoms with Gasteiger partial charge in [-0.25, -0.2) is 0 Å². The van der Waals surface area contributed by atoms with Crippen molar-refractivity contribution in [3.63, 3.8) is 0 Å². The van der Waals surface area contributed by atoms with Crippen molar-refractivity contribution in [3.05, 3.63) is 76.8 Å². The molecule has 3 aromatic rings. The fourth-order valence-electron chi connectivity index (χ4n) is 5.58. The van der Waals surface area contributed by atoms with Gasteiger partial charge in [0.05, 0.1) is 12.0 Å². The summed E-state index contributed by atoms with van der Waals surface area (Å²) in [7, 11) is 0. The average molecular weight is 449 g/mol. The van der Waals surface area contributed by atoms with Crippen LogP contribution in [0.4, 0.5) is 0 Å². The Morgan fingerprint density at radius 2 is 1.75 bits per heavy atom. The first-order valence-corrected chi connectivity index (χ1v) is 11.0. The first-order chi connectivity index (χ1) is 15.4. The monoisotopic (exact) mass is 448 g/mol. The topological polar surface area (TPSA) is 69.7 Å². The zero-order valence-corrected chi connectivity index (χ0v) is 18.4. The molecule has 0 unspecified atom stereocenters. The maximum atomic E-state index is 14.0. The summed E-state index contributed by atoms with van der Waals surface area (Å²) in [4.78, 5) is 40.8. The molecule has 6 heteroatoms. The Labute approximate surface area is 190 Å². The highest BCUT2D eigenvalue weighted by atomic mass is 35.5. The Kier molecular flexibility index (Phi) is 4.64. The number of carbonyl (C=O) groups is 3. The first-order valence-electron chi connectivity index (χ1n) is 10.6. The van der Waals surface area contributed by atoms with Crippen LogP contribution in [0.2, 0.25) is 5.02 Å². The zero-order valence-electron chi connectivity index (χ0n) is 17.7. The third-order valence-corrected chi connectivity index (χ3v) is 7.21. The highest BCUT2D eigenvalue weighted by molar-refractivity contribution is 6.30. The summed E-state index contributed by atoms with van der Waals surface area (Å²) in [6.07, 6.45) is 0.274. The molecule has 3 atom stereocenters. The van der Waals surface area contributed by atoms with Crippen molar-refractivity contribution in [1.29, 1.82) is 0 Å². The van der Waals surface area contributed by atoms with E-state index in [-0.39, 0.29) is 18.8 Å². The highest BCUT2D eigenvalue weighted by Crippen LogP contribution is 2.80. The second-order valence-corrected chi connectivity index (χ2v) is 8.65. The molecule has 0 radical (unpaired) electrons. The minimum absolute atomic E-state index is 0.0951. The molecule has 1 saturated carbocycles. The van der Waals surface area contributed by atoms with Gasteiger partial charge in [-0.15, -0.1) is 0 Å². The lowest BCUT2D eigenvalue weighted by Gasteiger charge is -2.23. The molecular weight excluding hydrogens is 428 g/mol. The molecule has 0 N–H and O–H groups in total. The van der Waals surface area contributed by atoms with Crippen LogP contribution in [0.5, 0.6) is 5.75 Å². The third kappa shape index (κ3) is 2.43. The molecule has 1 heterocycles. The van der Waals surface area contributed by atoms with Crippen LogP contribution in [0, 0.1) is 10.8 Å². The van der Waals surface area contributed by atoms with Crippen molar-refractivity contribution in [2.24, 2.45) is 10.8 Å². The van der Waals surface area contributed by atoms with Crippen LogP contribution in [0.15, 0.2) is 60.7 Å². The molecular formula is C26H21ClO5. The van der Waals surface area contributed by atoms with Gasteiger partial charge in [0.15, 0.2) is 11.2 Å². The number of ether oxygens (including phenoxy) is 2. The number of hydrogen-bond donors (Lipinski definition) is 0. The predicted octanol–water partition coefficient (Wildman–Crippen LogP) is 5.34. The van der Waals surface area contributed by atoms with Crippen molar-refractivity contribution in [1.82, 2.24) is 0 Å². The molecule has 0 aromatic heterocycles. The maximum absolute atomic E-state index is 14.0. The van der Waals surface area contributed by atoms with E-state index in [0.29, 0.717) is 21.9 Å². The Morgan fingerprint density at radius 1 is 1.03 bits per heavy atom. The lowest BCUT2D eigenvalue weighted by atomic mass is 9.83. The van der Waals surface area contributed by atoms with Gasteiger partial charge in [-0.05, 0) is 54.4 Å². The largest absolute Gasteiger partial charge is 0.465 e. The summed E-state index contributed by atoms with van der Waals surface area (Å²) < 4.78 is 11.1. The fraction of sp³-hybridized carbons (Fsp3) is 0.269. The third-order valence-electron chi connectivity index (χ3n) is 6.96. The molecule has 1 aliphatic heterocycles. The number of esters is 2. The molecule has 1 fully saturated rings. The second-order valence-electron chi connectivity index (χ2n) is 8.21. The van der Waals surface area contributed by atoms with Crippen LogP contribution < -0.4 is 4.74 Å². The van der Waals surface area contributed by atoms with E-state index in [1.807, 2.05) is 37.3 Å². The van der Waals surface area contributed by atoms with Crippen LogP contribution in [0.3, 0.4) is 0 Å². The minimum atomic E-state index is -1.72. The van der Waals surface area contributed by atoms with Crippen molar-refractivity contribution in [2.45, 2.75) is 26.2 Å². The van der Waals surface area contributed by atoms with E-state index >= 15 is 0 Å².